The average Bonchev–Trinajstić information content (AvgIpc) is 3.05. The zero-order chi connectivity index (χ0) is 11.8. The maximum absolute atomic E-state index is 12.0. The van der Waals surface area contributed by atoms with Crippen LogP contribution in [0.15, 0.2) is 30.3 Å². The zero-order valence-electron chi connectivity index (χ0n) is 9.33. The first-order valence-corrected chi connectivity index (χ1v) is 5.80. The largest absolute Gasteiger partial charge is 0.447 e. The van der Waals surface area contributed by atoms with Gasteiger partial charge < -0.3 is 4.74 Å². The smallest absolute Gasteiger partial charge is 0.416 e. The third-order valence-corrected chi connectivity index (χ3v) is 3.36. The number of carbonyl (C=O) groups excluding carboxylic acids is 2. The molecule has 0 radical (unpaired) electrons. The van der Waals surface area contributed by atoms with E-state index in [1.807, 2.05) is 30.3 Å². The number of benzene rings is 1. The highest BCUT2D eigenvalue weighted by molar-refractivity contribution is 5.96. The summed E-state index contributed by atoms with van der Waals surface area (Å²) < 4.78 is 4.77. The number of imide groups is 1. The van der Waals surface area contributed by atoms with E-state index in [2.05, 4.69) is 0 Å². The third-order valence-electron chi connectivity index (χ3n) is 3.36. The van der Waals surface area contributed by atoms with Crippen LogP contribution in [0.3, 0.4) is 0 Å². The molecule has 2 amide bonds. The van der Waals surface area contributed by atoms with Crippen molar-refractivity contribution in [3.8, 4) is 0 Å². The van der Waals surface area contributed by atoms with Crippen LogP contribution in [0.4, 0.5) is 4.79 Å². The molecule has 4 heteroatoms. The third kappa shape index (κ3) is 1.79. The Bertz CT molecular complexity index is 457. The molecule has 1 heterocycles. The van der Waals surface area contributed by atoms with E-state index >= 15 is 0 Å². The van der Waals surface area contributed by atoms with Gasteiger partial charge in [-0.1, -0.05) is 30.3 Å². The first-order chi connectivity index (χ1) is 8.27. The van der Waals surface area contributed by atoms with Gasteiger partial charge >= 0.3 is 6.09 Å². The molecule has 0 spiro atoms. The minimum Gasteiger partial charge on any atom is -0.447 e. The van der Waals surface area contributed by atoms with Crippen LogP contribution in [0.1, 0.15) is 17.9 Å². The van der Waals surface area contributed by atoms with E-state index in [-0.39, 0.29) is 17.7 Å². The molecule has 1 aliphatic carbocycles. The second-order valence-electron chi connectivity index (χ2n) is 4.46. The minimum atomic E-state index is -0.492. The van der Waals surface area contributed by atoms with Gasteiger partial charge in [-0.25, -0.2) is 9.69 Å². The summed E-state index contributed by atoms with van der Waals surface area (Å²) in [4.78, 5) is 24.5. The number of hydrogen-bond acceptors (Lipinski definition) is 3. The van der Waals surface area contributed by atoms with Crippen molar-refractivity contribution in [2.24, 2.45) is 5.92 Å². The number of hydrogen-bond donors (Lipinski definition) is 0. The highest BCUT2D eigenvalue weighted by Gasteiger charge is 2.48. The summed E-state index contributed by atoms with van der Waals surface area (Å²) in [6, 6.07) is 9.96. The van der Waals surface area contributed by atoms with Crippen molar-refractivity contribution >= 4 is 12.0 Å². The van der Waals surface area contributed by atoms with E-state index in [9.17, 15) is 9.59 Å². The molecule has 1 saturated heterocycles. The van der Waals surface area contributed by atoms with Gasteiger partial charge in [0.2, 0.25) is 5.91 Å². The van der Waals surface area contributed by atoms with E-state index in [1.165, 1.54) is 10.5 Å². The van der Waals surface area contributed by atoms with E-state index < -0.39 is 6.09 Å². The van der Waals surface area contributed by atoms with Crippen molar-refractivity contribution in [3.63, 3.8) is 0 Å². The molecule has 2 atom stereocenters. The molecule has 88 valence electrons. The normalized spacial score (nSPS) is 26.8. The molecule has 17 heavy (non-hydrogen) atoms. The topological polar surface area (TPSA) is 46.6 Å². The van der Waals surface area contributed by atoms with Gasteiger partial charge in [0.25, 0.3) is 0 Å². The molecule has 2 fully saturated rings. The lowest BCUT2D eigenvalue weighted by Gasteiger charge is -2.10. The van der Waals surface area contributed by atoms with Crippen molar-refractivity contribution in [1.29, 1.82) is 0 Å². The standard InChI is InChI=1S/C13H13NO3/c15-12(14-6-7-17-13(14)16)11-8-10(11)9-4-2-1-3-5-9/h1-5,10-11H,6-8H2/t10-,11+/m0/s1. The molecule has 0 N–H and O–H groups in total. The lowest BCUT2D eigenvalue weighted by atomic mass is 10.1. The maximum atomic E-state index is 12.0. The first kappa shape index (κ1) is 10.3. The summed E-state index contributed by atoms with van der Waals surface area (Å²) in [7, 11) is 0. The quantitative estimate of drug-likeness (QED) is 0.779. The van der Waals surface area contributed by atoms with Crippen LogP contribution in [0, 0.1) is 5.92 Å². The average molecular weight is 231 g/mol. The molecule has 0 bridgehead atoms. The first-order valence-electron chi connectivity index (χ1n) is 5.80. The van der Waals surface area contributed by atoms with Crippen molar-refractivity contribution in [3.05, 3.63) is 35.9 Å². The molecule has 0 unspecified atom stereocenters. The van der Waals surface area contributed by atoms with Gasteiger partial charge in [0.15, 0.2) is 0 Å². The zero-order valence-corrected chi connectivity index (χ0v) is 9.33. The minimum absolute atomic E-state index is 0.0388. The summed E-state index contributed by atoms with van der Waals surface area (Å²) in [5.74, 6) is 0.154. The number of nitrogens with zero attached hydrogens (tertiary/aromatic N) is 1. The van der Waals surface area contributed by atoms with Gasteiger partial charge in [-0.15, -0.1) is 0 Å². The molecule has 1 aromatic carbocycles. The molecule has 1 aliphatic heterocycles. The summed E-state index contributed by atoms with van der Waals surface area (Å²) >= 11 is 0. The van der Waals surface area contributed by atoms with Gasteiger partial charge in [0.05, 0.1) is 6.54 Å². The Balaban J connectivity index is 1.69. The van der Waals surface area contributed by atoms with E-state index in [0.717, 1.165) is 6.42 Å². The Hall–Kier alpha value is -1.84. The fourth-order valence-electron chi connectivity index (χ4n) is 2.33. The number of carbonyl (C=O) groups is 2. The molecule has 0 aromatic heterocycles. The number of rotatable bonds is 2. The highest BCUT2D eigenvalue weighted by Crippen LogP contribution is 2.48. The van der Waals surface area contributed by atoms with Crippen molar-refractivity contribution in [1.82, 2.24) is 4.90 Å². The lowest BCUT2D eigenvalue weighted by molar-refractivity contribution is -0.129. The molecule has 1 aromatic rings. The predicted molar refractivity (Wildman–Crippen MR) is 60.4 cm³/mol. The maximum Gasteiger partial charge on any atom is 0.416 e. The van der Waals surface area contributed by atoms with Crippen molar-refractivity contribution in [2.75, 3.05) is 13.2 Å². The van der Waals surface area contributed by atoms with Gasteiger partial charge in [-0.05, 0) is 17.9 Å². The highest BCUT2D eigenvalue weighted by atomic mass is 16.6. The SMILES string of the molecule is O=C1OCCN1C(=O)[C@@H]1C[C@H]1c1ccccc1. The second-order valence-corrected chi connectivity index (χ2v) is 4.46. The van der Waals surface area contributed by atoms with Gasteiger partial charge in [-0.2, -0.15) is 0 Å². The second kappa shape index (κ2) is 3.87. The Morgan fingerprint density at radius 3 is 2.71 bits per heavy atom. The van der Waals surface area contributed by atoms with E-state index in [4.69, 9.17) is 4.74 Å². The van der Waals surface area contributed by atoms with Crippen LogP contribution < -0.4 is 0 Å². The molecular weight excluding hydrogens is 218 g/mol. The van der Waals surface area contributed by atoms with Gasteiger partial charge in [0.1, 0.15) is 6.61 Å². The number of amides is 2. The summed E-state index contributed by atoms with van der Waals surface area (Å²) in [5, 5.41) is 0. The molecule has 4 nitrogen and oxygen atoms in total. The summed E-state index contributed by atoms with van der Waals surface area (Å²) in [5.41, 5.74) is 1.18. The predicted octanol–water partition coefficient (Wildman–Crippen LogP) is 1.77. The van der Waals surface area contributed by atoms with Crippen LogP contribution in [-0.2, 0) is 9.53 Å². The molecule has 1 saturated carbocycles. The fourth-order valence-corrected chi connectivity index (χ4v) is 2.33. The van der Waals surface area contributed by atoms with Crippen molar-refractivity contribution in [2.45, 2.75) is 12.3 Å². The Kier molecular flexibility index (Phi) is 2.35. The van der Waals surface area contributed by atoms with Crippen LogP contribution in [0.2, 0.25) is 0 Å². The summed E-state index contributed by atoms with van der Waals surface area (Å²) in [6.07, 6.45) is 0.348. The Morgan fingerprint density at radius 2 is 2.06 bits per heavy atom. The van der Waals surface area contributed by atoms with E-state index in [0.29, 0.717) is 13.2 Å². The number of ether oxygens (including phenoxy) is 1. The number of cyclic esters (lactones) is 1. The Labute approximate surface area is 99.2 Å². The lowest BCUT2D eigenvalue weighted by Crippen LogP contribution is -2.33. The van der Waals surface area contributed by atoms with Gasteiger partial charge in [0, 0.05) is 5.92 Å². The van der Waals surface area contributed by atoms with Crippen LogP contribution in [-0.4, -0.2) is 30.1 Å². The van der Waals surface area contributed by atoms with Crippen LogP contribution in [0.25, 0.3) is 0 Å². The van der Waals surface area contributed by atoms with Crippen LogP contribution >= 0.6 is 0 Å². The molecular formula is C13H13NO3. The monoisotopic (exact) mass is 231 g/mol. The van der Waals surface area contributed by atoms with E-state index in [1.54, 1.807) is 0 Å². The molecule has 3 rings (SSSR count). The van der Waals surface area contributed by atoms with Crippen LogP contribution in [0.5, 0.6) is 0 Å². The molecule has 2 aliphatic rings. The van der Waals surface area contributed by atoms with Gasteiger partial charge in [-0.3, -0.25) is 4.79 Å². The fraction of sp³-hybridized carbons (Fsp3) is 0.385. The summed E-state index contributed by atoms with van der Waals surface area (Å²) in [6.45, 7) is 0.725. The van der Waals surface area contributed by atoms with Crippen molar-refractivity contribution < 1.29 is 14.3 Å². The Morgan fingerprint density at radius 1 is 1.29 bits per heavy atom.